The van der Waals surface area contributed by atoms with Crippen LogP contribution in [-0.4, -0.2) is 12.6 Å². The van der Waals surface area contributed by atoms with Crippen LogP contribution in [0.25, 0.3) is 0 Å². The van der Waals surface area contributed by atoms with E-state index in [9.17, 15) is 0 Å². The quantitative estimate of drug-likeness (QED) is 0.786. The molecule has 0 amide bonds. The maximum Gasteiger partial charge on any atom is 0.0175 e. The Balaban J connectivity index is 2.19. The zero-order valence-electron chi connectivity index (χ0n) is 11.2. The Bertz CT molecular complexity index is 305. The molecule has 0 aliphatic carbocycles. The molecule has 0 saturated carbocycles. The van der Waals surface area contributed by atoms with Crippen LogP contribution in [0.5, 0.6) is 0 Å². The van der Waals surface area contributed by atoms with Crippen molar-refractivity contribution in [1.29, 1.82) is 0 Å². The minimum atomic E-state index is 0.605. The Morgan fingerprint density at radius 1 is 1.06 bits per heavy atom. The van der Waals surface area contributed by atoms with Gasteiger partial charge in [-0.05, 0) is 49.4 Å². The molecular weight excluding hydrogens is 274 g/mol. The molecule has 0 bridgehead atoms. The van der Waals surface area contributed by atoms with E-state index >= 15 is 0 Å². The lowest BCUT2D eigenvalue weighted by atomic mass is 9.98. The second kappa shape index (κ2) is 7.88. The van der Waals surface area contributed by atoms with Crippen molar-refractivity contribution in [2.45, 2.75) is 46.1 Å². The Morgan fingerprint density at radius 3 is 2.29 bits per heavy atom. The van der Waals surface area contributed by atoms with Gasteiger partial charge in [-0.2, -0.15) is 0 Å². The molecule has 1 rings (SSSR count). The fourth-order valence-electron chi connectivity index (χ4n) is 1.83. The molecule has 0 spiro atoms. The van der Waals surface area contributed by atoms with Crippen molar-refractivity contribution in [3.8, 4) is 0 Å². The first kappa shape index (κ1) is 14.7. The summed E-state index contributed by atoms with van der Waals surface area (Å²) in [7, 11) is 0. The van der Waals surface area contributed by atoms with Crippen molar-refractivity contribution in [2.24, 2.45) is 5.92 Å². The van der Waals surface area contributed by atoms with Gasteiger partial charge in [0.15, 0.2) is 0 Å². The average molecular weight is 298 g/mol. The predicted molar refractivity (Wildman–Crippen MR) is 79.4 cm³/mol. The van der Waals surface area contributed by atoms with Gasteiger partial charge in [0.2, 0.25) is 0 Å². The normalized spacial score (nSPS) is 13.0. The van der Waals surface area contributed by atoms with E-state index in [2.05, 4.69) is 66.3 Å². The van der Waals surface area contributed by atoms with Crippen LogP contribution in [0, 0.1) is 5.92 Å². The molecule has 1 unspecified atom stereocenters. The summed E-state index contributed by atoms with van der Waals surface area (Å²) >= 11 is 3.46. The van der Waals surface area contributed by atoms with Crippen molar-refractivity contribution in [3.05, 3.63) is 34.3 Å². The van der Waals surface area contributed by atoms with Crippen LogP contribution in [0.4, 0.5) is 0 Å². The summed E-state index contributed by atoms with van der Waals surface area (Å²) < 4.78 is 1.16. The van der Waals surface area contributed by atoms with E-state index in [0.717, 1.165) is 16.9 Å². The molecule has 0 aliphatic heterocycles. The predicted octanol–water partition coefficient (Wildman–Crippen LogP) is 4.41. The highest BCUT2D eigenvalue weighted by atomic mass is 79.9. The molecular formula is C15H24BrN. The molecule has 0 saturated heterocycles. The summed E-state index contributed by atoms with van der Waals surface area (Å²) in [5, 5.41) is 3.48. The van der Waals surface area contributed by atoms with Crippen LogP contribution >= 0.6 is 15.9 Å². The molecule has 1 N–H and O–H groups in total. The molecule has 1 aromatic rings. The number of rotatable bonds is 7. The molecule has 2 heteroatoms. The lowest BCUT2D eigenvalue weighted by Gasteiger charge is -2.13. The molecule has 1 atom stereocenters. The van der Waals surface area contributed by atoms with E-state index in [1.54, 1.807) is 0 Å². The smallest absolute Gasteiger partial charge is 0.0175 e. The Labute approximate surface area is 114 Å². The van der Waals surface area contributed by atoms with Crippen LogP contribution in [0.1, 0.15) is 39.2 Å². The van der Waals surface area contributed by atoms with Gasteiger partial charge < -0.3 is 5.32 Å². The Morgan fingerprint density at radius 2 is 1.71 bits per heavy atom. The number of halogens is 1. The maximum absolute atomic E-state index is 3.48. The summed E-state index contributed by atoms with van der Waals surface area (Å²) in [5.74, 6) is 0.796. The highest BCUT2D eigenvalue weighted by Crippen LogP contribution is 2.15. The van der Waals surface area contributed by atoms with Gasteiger partial charge in [-0.1, -0.05) is 48.8 Å². The number of hydrogen-bond acceptors (Lipinski definition) is 1. The number of nitrogens with one attached hydrogen (secondary N) is 1. The molecule has 1 aromatic carbocycles. The van der Waals surface area contributed by atoms with Crippen LogP contribution in [0.15, 0.2) is 28.7 Å². The monoisotopic (exact) mass is 297 g/mol. The van der Waals surface area contributed by atoms with Crippen molar-refractivity contribution in [2.75, 3.05) is 6.54 Å². The van der Waals surface area contributed by atoms with Gasteiger partial charge in [-0.15, -0.1) is 0 Å². The highest BCUT2D eigenvalue weighted by Gasteiger charge is 2.03. The van der Waals surface area contributed by atoms with Crippen LogP contribution in [0.2, 0.25) is 0 Å². The van der Waals surface area contributed by atoms with Gasteiger partial charge in [0.25, 0.3) is 0 Å². The van der Waals surface area contributed by atoms with E-state index in [0.29, 0.717) is 6.04 Å². The first-order valence-corrected chi connectivity index (χ1v) is 7.35. The van der Waals surface area contributed by atoms with Crippen molar-refractivity contribution >= 4 is 15.9 Å². The molecule has 0 radical (unpaired) electrons. The SMILES string of the molecule is CC(CCNC(C)C)CCc1ccc(Br)cc1. The standard InChI is InChI=1S/C15H24BrN/c1-12(2)17-11-10-13(3)4-5-14-6-8-15(16)9-7-14/h6-9,12-13,17H,4-5,10-11H2,1-3H3. The highest BCUT2D eigenvalue weighted by molar-refractivity contribution is 9.10. The van der Waals surface area contributed by atoms with E-state index in [1.807, 2.05) is 0 Å². The van der Waals surface area contributed by atoms with E-state index in [4.69, 9.17) is 0 Å². The first-order valence-electron chi connectivity index (χ1n) is 6.55. The summed E-state index contributed by atoms with van der Waals surface area (Å²) in [6.45, 7) is 7.89. The first-order chi connectivity index (χ1) is 8.08. The zero-order valence-corrected chi connectivity index (χ0v) is 12.8. The summed E-state index contributed by atoms with van der Waals surface area (Å²) in [4.78, 5) is 0. The van der Waals surface area contributed by atoms with Crippen molar-refractivity contribution < 1.29 is 0 Å². The van der Waals surface area contributed by atoms with Gasteiger partial charge in [0.1, 0.15) is 0 Å². The molecule has 0 fully saturated rings. The van der Waals surface area contributed by atoms with E-state index in [1.165, 1.54) is 24.8 Å². The maximum atomic E-state index is 3.48. The Kier molecular flexibility index (Phi) is 6.83. The van der Waals surface area contributed by atoms with Gasteiger partial charge >= 0.3 is 0 Å². The van der Waals surface area contributed by atoms with Crippen LogP contribution < -0.4 is 5.32 Å². The minimum Gasteiger partial charge on any atom is -0.315 e. The summed E-state index contributed by atoms with van der Waals surface area (Å²) in [6, 6.07) is 9.28. The average Bonchev–Trinajstić information content (AvgIpc) is 2.28. The number of hydrogen-bond donors (Lipinski definition) is 1. The lowest BCUT2D eigenvalue weighted by Crippen LogP contribution is -2.24. The zero-order chi connectivity index (χ0) is 12.7. The second-order valence-corrected chi connectivity index (χ2v) is 6.08. The van der Waals surface area contributed by atoms with Crippen LogP contribution in [0.3, 0.4) is 0 Å². The topological polar surface area (TPSA) is 12.0 Å². The molecule has 1 nitrogen and oxygen atoms in total. The molecule has 0 heterocycles. The van der Waals surface area contributed by atoms with E-state index in [-0.39, 0.29) is 0 Å². The lowest BCUT2D eigenvalue weighted by molar-refractivity contribution is 0.454. The molecule has 0 aromatic heterocycles. The molecule has 17 heavy (non-hydrogen) atoms. The number of benzene rings is 1. The number of aryl methyl sites for hydroxylation is 1. The fourth-order valence-corrected chi connectivity index (χ4v) is 2.09. The Hall–Kier alpha value is -0.340. The minimum absolute atomic E-state index is 0.605. The second-order valence-electron chi connectivity index (χ2n) is 5.17. The van der Waals surface area contributed by atoms with Gasteiger partial charge in [0.05, 0.1) is 0 Å². The summed E-state index contributed by atoms with van der Waals surface area (Å²) in [5.41, 5.74) is 1.44. The third kappa shape index (κ3) is 6.85. The van der Waals surface area contributed by atoms with Crippen molar-refractivity contribution in [3.63, 3.8) is 0 Å². The van der Waals surface area contributed by atoms with Gasteiger partial charge in [-0.25, -0.2) is 0 Å². The van der Waals surface area contributed by atoms with Crippen LogP contribution in [-0.2, 0) is 6.42 Å². The van der Waals surface area contributed by atoms with Gasteiger partial charge in [-0.3, -0.25) is 0 Å². The molecule has 0 aliphatic rings. The van der Waals surface area contributed by atoms with Crippen molar-refractivity contribution in [1.82, 2.24) is 5.32 Å². The fraction of sp³-hybridized carbons (Fsp3) is 0.600. The third-order valence-corrected chi connectivity index (χ3v) is 3.56. The van der Waals surface area contributed by atoms with E-state index < -0.39 is 0 Å². The third-order valence-electron chi connectivity index (χ3n) is 3.03. The van der Waals surface area contributed by atoms with Gasteiger partial charge in [0, 0.05) is 10.5 Å². The summed E-state index contributed by atoms with van der Waals surface area (Å²) in [6.07, 6.45) is 3.74. The largest absolute Gasteiger partial charge is 0.315 e. The molecule has 96 valence electrons.